The minimum atomic E-state index is -1.03. The molecule has 4 nitrogen and oxygen atoms in total. The number of carboxylic acids is 2. The van der Waals surface area contributed by atoms with E-state index in [0.717, 1.165) is 32.1 Å². The highest BCUT2D eigenvalue weighted by atomic mass is 16.4. The number of hydrogen-bond donors (Lipinski definition) is 2. The van der Waals surface area contributed by atoms with Gasteiger partial charge in [-0.25, -0.2) is 0 Å². The van der Waals surface area contributed by atoms with Crippen LogP contribution in [-0.4, -0.2) is 22.2 Å². The molecule has 4 heteroatoms. The number of rotatable bonds is 10. The molecule has 0 aromatic carbocycles. The highest BCUT2D eigenvalue weighted by Gasteiger charge is 2.22. The average Bonchev–Trinajstić information content (AvgIpc) is 2.32. The standard InChI is InChI=1S/C14H26O4/c1-4-14(3,5-2)9-7-6-8-11(13(17)18)10-12(15)16/h11H,4-10H2,1-3H3,(H,15,16)(H,17,18). The molecule has 106 valence electrons. The molecule has 0 fully saturated rings. The lowest BCUT2D eigenvalue weighted by Gasteiger charge is -2.26. The van der Waals surface area contributed by atoms with Crippen LogP contribution >= 0.6 is 0 Å². The first-order chi connectivity index (χ1) is 8.34. The van der Waals surface area contributed by atoms with Crippen LogP contribution < -0.4 is 0 Å². The summed E-state index contributed by atoms with van der Waals surface area (Å²) in [4.78, 5) is 21.4. The van der Waals surface area contributed by atoms with Gasteiger partial charge >= 0.3 is 11.9 Å². The Morgan fingerprint density at radius 1 is 1.11 bits per heavy atom. The van der Waals surface area contributed by atoms with Crippen molar-refractivity contribution in [2.24, 2.45) is 11.3 Å². The van der Waals surface area contributed by atoms with Crippen molar-refractivity contribution in [3.05, 3.63) is 0 Å². The normalized spacial score (nSPS) is 13.3. The zero-order valence-corrected chi connectivity index (χ0v) is 11.7. The number of carboxylic acid groups (broad SMARTS) is 2. The maximum absolute atomic E-state index is 10.9. The number of aliphatic carboxylic acids is 2. The van der Waals surface area contributed by atoms with E-state index in [1.54, 1.807) is 0 Å². The summed E-state index contributed by atoms with van der Waals surface area (Å²) in [5.74, 6) is -2.77. The van der Waals surface area contributed by atoms with Crippen molar-refractivity contribution in [2.45, 2.75) is 65.7 Å². The van der Waals surface area contributed by atoms with Gasteiger partial charge in [0.05, 0.1) is 12.3 Å². The van der Waals surface area contributed by atoms with Gasteiger partial charge in [0.25, 0.3) is 0 Å². The molecule has 0 aromatic rings. The Labute approximate surface area is 109 Å². The molecule has 0 aliphatic carbocycles. The zero-order valence-electron chi connectivity index (χ0n) is 11.7. The maximum atomic E-state index is 10.9. The molecule has 0 amide bonds. The summed E-state index contributed by atoms with van der Waals surface area (Å²) >= 11 is 0. The molecule has 18 heavy (non-hydrogen) atoms. The van der Waals surface area contributed by atoms with Gasteiger partial charge in [0.2, 0.25) is 0 Å². The monoisotopic (exact) mass is 258 g/mol. The van der Waals surface area contributed by atoms with Crippen LogP contribution in [0, 0.1) is 11.3 Å². The summed E-state index contributed by atoms with van der Waals surface area (Å²) in [6.45, 7) is 6.60. The lowest BCUT2D eigenvalue weighted by molar-refractivity contribution is -0.148. The SMILES string of the molecule is CCC(C)(CC)CCCCC(CC(=O)O)C(=O)O. The fraction of sp³-hybridized carbons (Fsp3) is 0.857. The molecule has 0 saturated heterocycles. The Morgan fingerprint density at radius 3 is 2.06 bits per heavy atom. The van der Waals surface area contributed by atoms with Crippen molar-refractivity contribution in [3.8, 4) is 0 Å². The zero-order chi connectivity index (χ0) is 14.2. The van der Waals surface area contributed by atoms with Crippen LogP contribution in [0.4, 0.5) is 0 Å². The minimum Gasteiger partial charge on any atom is -0.481 e. The van der Waals surface area contributed by atoms with Crippen LogP contribution in [0.5, 0.6) is 0 Å². The van der Waals surface area contributed by atoms with Crippen molar-refractivity contribution in [2.75, 3.05) is 0 Å². The van der Waals surface area contributed by atoms with E-state index in [1.165, 1.54) is 0 Å². The van der Waals surface area contributed by atoms with Gasteiger partial charge in [-0.3, -0.25) is 9.59 Å². The first-order valence-electron chi connectivity index (χ1n) is 6.79. The Balaban J connectivity index is 4.00. The second kappa shape index (κ2) is 8.11. The van der Waals surface area contributed by atoms with Crippen LogP contribution in [0.3, 0.4) is 0 Å². The molecule has 0 saturated carbocycles. The first-order valence-corrected chi connectivity index (χ1v) is 6.79. The molecule has 0 aromatic heterocycles. The molecule has 0 aliphatic heterocycles. The van der Waals surface area contributed by atoms with Crippen molar-refractivity contribution in [3.63, 3.8) is 0 Å². The Hall–Kier alpha value is -1.06. The smallest absolute Gasteiger partial charge is 0.307 e. The number of unbranched alkanes of at least 4 members (excludes halogenated alkanes) is 1. The van der Waals surface area contributed by atoms with E-state index in [0.29, 0.717) is 11.8 Å². The summed E-state index contributed by atoms with van der Waals surface area (Å²) in [6, 6.07) is 0. The third-order valence-corrected chi connectivity index (χ3v) is 4.06. The van der Waals surface area contributed by atoms with Crippen molar-refractivity contribution < 1.29 is 19.8 Å². The van der Waals surface area contributed by atoms with E-state index in [9.17, 15) is 9.59 Å². The highest BCUT2D eigenvalue weighted by Crippen LogP contribution is 2.32. The van der Waals surface area contributed by atoms with Gasteiger partial charge < -0.3 is 10.2 Å². The second-order valence-corrected chi connectivity index (χ2v) is 5.40. The third kappa shape index (κ3) is 6.62. The van der Waals surface area contributed by atoms with Crippen LogP contribution in [-0.2, 0) is 9.59 Å². The molecule has 0 aliphatic rings. The predicted molar refractivity (Wildman–Crippen MR) is 70.5 cm³/mol. The van der Waals surface area contributed by atoms with Gasteiger partial charge in [-0.2, -0.15) is 0 Å². The van der Waals surface area contributed by atoms with Gasteiger partial charge in [0, 0.05) is 0 Å². The number of carbonyl (C=O) groups is 2. The molecule has 0 bridgehead atoms. The average molecular weight is 258 g/mol. The molecular weight excluding hydrogens is 232 g/mol. The van der Waals surface area contributed by atoms with Crippen molar-refractivity contribution in [1.29, 1.82) is 0 Å². The van der Waals surface area contributed by atoms with E-state index in [2.05, 4.69) is 20.8 Å². The minimum absolute atomic E-state index is 0.270. The second-order valence-electron chi connectivity index (χ2n) is 5.40. The first kappa shape index (κ1) is 16.9. The maximum Gasteiger partial charge on any atom is 0.307 e. The fourth-order valence-corrected chi connectivity index (χ4v) is 2.07. The summed E-state index contributed by atoms with van der Waals surface area (Å²) in [5.41, 5.74) is 0.339. The largest absolute Gasteiger partial charge is 0.481 e. The van der Waals surface area contributed by atoms with Crippen LogP contribution in [0.2, 0.25) is 0 Å². The molecule has 0 rings (SSSR count). The Kier molecular flexibility index (Phi) is 7.64. The summed E-state index contributed by atoms with van der Waals surface area (Å²) in [5, 5.41) is 17.5. The lowest BCUT2D eigenvalue weighted by Crippen LogP contribution is -2.18. The van der Waals surface area contributed by atoms with Crippen LogP contribution in [0.1, 0.15) is 65.7 Å². The number of hydrogen-bond acceptors (Lipinski definition) is 2. The van der Waals surface area contributed by atoms with E-state index in [4.69, 9.17) is 10.2 Å². The van der Waals surface area contributed by atoms with Crippen LogP contribution in [0.15, 0.2) is 0 Å². The van der Waals surface area contributed by atoms with Gasteiger partial charge in [0.15, 0.2) is 0 Å². The van der Waals surface area contributed by atoms with E-state index in [-0.39, 0.29) is 6.42 Å². The van der Waals surface area contributed by atoms with Crippen LogP contribution in [0.25, 0.3) is 0 Å². The summed E-state index contributed by atoms with van der Waals surface area (Å²) in [6.07, 6.45) is 5.29. The van der Waals surface area contributed by atoms with Gasteiger partial charge in [-0.05, 0) is 18.3 Å². The topological polar surface area (TPSA) is 74.6 Å². The predicted octanol–water partition coefficient (Wildman–Crippen LogP) is 3.55. The summed E-state index contributed by atoms with van der Waals surface area (Å²) in [7, 11) is 0. The molecule has 1 atom stereocenters. The van der Waals surface area contributed by atoms with Crippen molar-refractivity contribution >= 4 is 11.9 Å². The summed E-state index contributed by atoms with van der Waals surface area (Å²) < 4.78 is 0. The van der Waals surface area contributed by atoms with E-state index in [1.807, 2.05) is 0 Å². The molecule has 0 spiro atoms. The van der Waals surface area contributed by atoms with E-state index >= 15 is 0 Å². The van der Waals surface area contributed by atoms with Gasteiger partial charge in [-0.15, -0.1) is 0 Å². The third-order valence-electron chi connectivity index (χ3n) is 4.06. The molecule has 0 radical (unpaired) electrons. The highest BCUT2D eigenvalue weighted by molar-refractivity contribution is 5.77. The molecule has 2 N–H and O–H groups in total. The lowest BCUT2D eigenvalue weighted by atomic mass is 9.79. The van der Waals surface area contributed by atoms with Gasteiger partial charge in [-0.1, -0.05) is 46.5 Å². The van der Waals surface area contributed by atoms with E-state index < -0.39 is 17.9 Å². The fourth-order valence-electron chi connectivity index (χ4n) is 2.07. The Morgan fingerprint density at radius 2 is 1.67 bits per heavy atom. The van der Waals surface area contributed by atoms with Gasteiger partial charge in [0.1, 0.15) is 0 Å². The Bertz CT molecular complexity index is 269. The molecular formula is C14H26O4. The van der Waals surface area contributed by atoms with Crippen molar-refractivity contribution in [1.82, 2.24) is 0 Å². The molecule has 1 unspecified atom stereocenters. The quantitative estimate of drug-likeness (QED) is 0.588. The molecule has 0 heterocycles.